The van der Waals surface area contributed by atoms with Crippen LogP contribution in [0.5, 0.6) is 0 Å². The van der Waals surface area contributed by atoms with Crippen LogP contribution in [-0.4, -0.2) is 34.7 Å². The molecular weight excluding hydrogens is 338 g/mol. The molecule has 1 N–H and O–H groups in total. The van der Waals surface area contributed by atoms with Crippen molar-refractivity contribution in [1.82, 2.24) is 4.90 Å². The monoisotopic (exact) mass is 359 g/mol. The Morgan fingerprint density at radius 3 is 2.76 bits per heavy atom. The molecule has 0 aliphatic carbocycles. The molecule has 1 unspecified atom stereocenters. The van der Waals surface area contributed by atoms with Gasteiger partial charge in [-0.25, -0.2) is 4.79 Å². The van der Waals surface area contributed by atoms with Gasteiger partial charge in [0.15, 0.2) is 0 Å². The summed E-state index contributed by atoms with van der Waals surface area (Å²) in [5.74, 6) is -0.906. The number of carbonyl (C=O) groups is 1. The summed E-state index contributed by atoms with van der Waals surface area (Å²) in [6.45, 7) is 6.22. The summed E-state index contributed by atoms with van der Waals surface area (Å²) in [4.78, 5) is 13.5. The summed E-state index contributed by atoms with van der Waals surface area (Å²) in [7, 11) is 0. The first kappa shape index (κ1) is 17.9. The van der Waals surface area contributed by atoms with Crippen LogP contribution in [-0.2, 0) is 11.3 Å². The highest BCUT2D eigenvalue weighted by molar-refractivity contribution is 6.31. The predicted molar refractivity (Wildman–Crippen MR) is 98.0 cm³/mol. The van der Waals surface area contributed by atoms with Crippen LogP contribution in [0.25, 0.3) is 0 Å². The Balaban J connectivity index is 1.82. The summed E-state index contributed by atoms with van der Waals surface area (Å²) in [5.41, 5.74) is 2.14. The van der Waals surface area contributed by atoms with Crippen LogP contribution in [0.15, 0.2) is 48.5 Å². The third-order valence-electron chi connectivity index (χ3n) is 4.68. The molecule has 1 fully saturated rings. The summed E-state index contributed by atoms with van der Waals surface area (Å²) < 4.78 is 6.07. The highest BCUT2D eigenvalue weighted by Crippen LogP contribution is 2.34. The number of aromatic carboxylic acids is 1. The van der Waals surface area contributed by atoms with Gasteiger partial charge in [-0.05, 0) is 37.6 Å². The normalized spacial score (nSPS) is 20.4. The molecule has 0 bridgehead atoms. The fourth-order valence-corrected chi connectivity index (χ4v) is 3.38. The van der Waals surface area contributed by atoms with Crippen molar-refractivity contribution in [3.63, 3.8) is 0 Å². The van der Waals surface area contributed by atoms with Crippen molar-refractivity contribution in [3.8, 4) is 0 Å². The second-order valence-electron chi connectivity index (χ2n) is 7.02. The molecular formula is C20H22ClNO3. The maximum Gasteiger partial charge on any atom is 0.335 e. The van der Waals surface area contributed by atoms with Crippen molar-refractivity contribution in [3.05, 3.63) is 70.2 Å². The fourth-order valence-electron chi connectivity index (χ4n) is 3.12. The molecule has 5 heteroatoms. The lowest BCUT2D eigenvalue weighted by atomic mass is 9.97. The summed E-state index contributed by atoms with van der Waals surface area (Å²) in [5, 5.41) is 9.90. The minimum atomic E-state index is -0.906. The quantitative estimate of drug-likeness (QED) is 0.879. The van der Waals surface area contributed by atoms with E-state index < -0.39 is 5.97 Å². The summed E-state index contributed by atoms with van der Waals surface area (Å²) >= 11 is 6.33. The molecule has 0 radical (unpaired) electrons. The molecule has 1 aliphatic heterocycles. The first-order chi connectivity index (χ1) is 11.9. The van der Waals surface area contributed by atoms with Crippen LogP contribution in [0.4, 0.5) is 0 Å². The lowest BCUT2D eigenvalue weighted by Crippen LogP contribution is -2.53. The van der Waals surface area contributed by atoms with Gasteiger partial charge in [-0.15, -0.1) is 0 Å². The Kier molecular flexibility index (Phi) is 5.13. The van der Waals surface area contributed by atoms with Gasteiger partial charge >= 0.3 is 5.97 Å². The Morgan fingerprint density at radius 2 is 2.04 bits per heavy atom. The van der Waals surface area contributed by atoms with Gasteiger partial charge in [0.2, 0.25) is 0 Å². The summed E-state index contributed by atoms with van der Waals surface area (Å²) in [6.07, 6.45) is -0.0932. The maximum atomic E-state index is 11.2. The summed E-state index contributed by atoms with van der Waals surface area (Å²) in [6, 6.07) is 14.8. The van der Waals surface area contributed by atoms with Crippen LogP contribution in [0, 0.1) is 0 Å². The fraction of sp³-hybridized carbons (Fsp3) is 0.350. The van der Waals surface area contributed by atoms with Gasteiger partial charge in [0.25, 0.3) is 0 Å². The van der Waals surface area contributed by atoms with Gasteiger partial charge in [0, 0.05) is 29.2 Å². The molecule has 0 aromatic heterocycles. The van der Waals surface area contributed by atoms with Crippen LogP contribution in [0.3, 0.4) is 0 Å². The van der Waals surface area contributed by atoms with Crippen molar-refractivity contribution in [2.24, 2.45) is 0 Å². The van der Waals surface area contributed by atoms with E-state index in [1.165, 1.54) is 0 Å². The number of hydrogen-bond donors (Lipinski definition) is 1. The van der Waals surface area contributed by atoms with E-state index in [1.54, 1.807) is 18.2 Å². The average Bonchev–Trinajstić information content (AvgIpc) is 2.58. The smallest absolute Gasteiger partial charge is 0.335 e. The van der Waals surface area contributed by atoms with Gasteiger partial charge < -0.3 is 9.84 Å². The molecule has 4 nitrogen and oxygen atoms in total. The Hall–Kier alpha value is -1.88. The van der Waals surface area contributed by atoms with Crippen LogP contribution in [0.2, 0.25) is 5.02 Å². The zero-order valence-electron chi connectivity index (χ0n) is 14.4. The standard InChI is InChI=1S/C20H22ClNO3/c1-20(2)13-25-18(16-8-3-4-9-17(16)21)12-22(20)11-14-6-5-7-15(10-14)19(23)24/h3-10,18H,11-13H2,1-2H3,(H,23,24). The first-order valence-electron chi connectivity index (χ1n) is 8.30. The van der Waals surface area contributed by atoms with E-state index in [-0.39, 0.29) is 11.6 Å². The number of benzene rings is 2. The third kappa shape index (κ3) is 4.03. The Morgan fingerprint density at radius 1 is 1.28 bits per heavy atom. The lowest BCUT2D eigenvalue weighted by molar-refractivity contribution is -0.104. The zero-order chi connectivity index (χ0) is 18.0. The molecule has 1 heterocycles. The van der Waals surface area contributed by atoms with Gasteiger partial charge in [0.05, 0.1) is 18.3 Å². The maximum absolute atomic E-state index is 11.2. The molecule has 1 aliphatic rings. The molecule has 2 aromatic carbocycles. The van der Waals surface area contributed by atoms with Crippen molar-refractivity contribution < 1.29 is 14.6 Å². The molecule has 132 valence electrons. The van der Waals surface area contributed by atoms with E-state index in [4.69, 9.17) is 16.3 Å². The van der Waals surface area contributed by atoms with Crippen molar-refractivity contribution in [1.29, 1.82) is 0 Å². The molecule has 3 rings (SSSR count). The number of carboxylic acid groups (broad SMARTS) is 1. The number of carboxylic acids is 1. The average molecular weight is 360 g/mol. The van der Waals surface area contributed by atoms with E-state index in [0.717, 1.165) is 11.1 Å². The largest absolute Gasteiger partial charge is 0.478 e. The van der Waals surface area contributed by atoms with Crippen molar-refractivity contribution >= 4 is 17.6 Å². The number of hydrogen-bond acceptors (Lipinski definition) is 3. The lowest BCUT2D eigenvalue weighted by Gasteiger charge is -2.45. The molecule has 0 spiro atoms. The minimum Gasteiger partial charge on any atom is -0.478 e. The highest BCUT2D eigenvalue weighted by Gasteiger charge is 2.36. The first-order valence-corrected chi connectivity index (χ1v) is 8.68. The van der Waals surface area contributed by atoms with Gasteiger partial charge in [-0.1, -0.05) is 41.9 Å². The second kappa shape index (κ2) is 7.16. The number of ether oxygens (including phenoxy) is 1. The third-order valence-corrected chi connectivity index (χ3v) is 5.02. The predicted octanol–water partition coefficient (Wildman–Crippen LogP) is 4.39. The molecule has 1 saturated heterocycles. The zero-order valence-corrected chi connectivity index (χ0v) is 15.2. The van der Waals surface area contributed by atoms with Crippen LogP contribution in [0.1, 0.15) is 41.4 Å². The number of morpholine rings is 1. The Labute approximate surface area is 153 Å². The molecule has 0 amide bonds. The van der Waals surface area contributed by atoms with Gasteiger partial charge in [0.1, 0.15) is 0 Å². The van der Waals surface area contributed by atoms with Crippen LogP contribution >= 0.6 is 11.6 Å². The van der Waals surface area contributed by atoms with E-state index in [2.05, 4.69) is 18.7 Å². The topological polar surface area (TPSA) is 49.8 Å². The molecule has 0 saturated carbocycles. The SMILES string of the molecule is CC1(C)COC(c2ccccc2Cl)CN1Cc1cccc(C(=O)O)c1. The van der Waals surface area contributed by atoms with E-state index >= 15 is 0 Å². The van der Waals surface area contributed by atoms with Crippen molar-refractivity contribution in [2.45, 2.75) is 32.0 Å². The van der Waals surface area contributed by atoms with E-state index in [0.29, 0.717) is 30.3 Å². The van der Waals surface area contributed by atoms with E-state index in [1.807, 2.05) is 30.3 Å². The molecule has 25 heavy (non-hydrogen) atoms. The van der Waals surface area contributed by atoms with Crippen LogP contribution < -0.4 is 0 Å². The van der Waals surface area contributed by atoms with Crippen molar-refractivity contribution in [2.75, 3.05) is 13.2 Å². The Bertz CT molecular complexity index is 775. The van der Waals surface area contributed by atoms with Gasteiger partial charge in [-0.3, -0.25) is 4.90 Å². The number of nitrogens with zero attached hydrogens (tertiary/aromatic N) is 1. The van der Waals surface area contributed by atoms with Gasteiger partial charge in [-0.2, -0.15) is 0 Å². The number of rotatable bonds is 4. The minimum absolute atomic E-state index is 0.0932. The van der Waals surface area contributed by atoms with E-state index in [9.17, 15) is 9.90 Å². The molecule has 2 aromatic rings. The number of halogens is 1. The second-order valence-corrected chi connectivity index (χ2v) is 7.43. The highest BCUT2D eigenvalue weighted by atomic mass is 35.5. The molecule has 1 atom stereocenters.